The molecule has 0 saturated heterocycles. The van der Waals surface area contributed by atoms with Crippen LogP contribution in [0.1, 0.15) is 27.2 Å². The smallest absolute Gasteiger partial charge is 0.0506 e. The van der Waals surface area contributed by atoms with Gasteiger partial charge in [-0.3, -0.25) is 0 Å². The number of hydrogen-bond donors (Lipinski definition) is 1. The summed E-state index contributed by atoms with van der Waals surface area (Å²) >= 11 is 0. The van der Waals surface area contributed by atoms with E-state index in [-0.39, 0.29) is 0 Å². The van der Waals surface area contributed by atoms with Crippen LogP contribution in [0.4, 0.5) is 0 Å². The number of nitrogens with one attached hydrogen (secondary N) is 1. The first-order chi connectivity index (χ1) is 5.26. The lowest BCUT2D eigenvalue weighted by Gasteiger charge is -2.21. The first-order valence-corrected chi connectivity index (χ1v) is 4.51. The summed E-state index contributed by atoms with van der Waals surface area (Å²) in [6, 6.07) is 0.599. The highest BCUT2D eigenvalue weighted by atomic mass is 16.5. The van der Waals surface area contributed by atoms with E-state index < -0.39 is 0 Å². The van der Waals surface area contributed by atoms with Crippen LogP contribution >= 0.6 is 0 Å². The van der Waals surface area contributed by atoms with Gasteiger partial charge in [-0.1, -0.05) is 13.8 Å². The van der Waals surface area contributed by atoms with Gasteiger partial charge in [-0.15, -0.1) is 0 Å². The first kappa shape index (κ1) is 10.9. The van der Waals surface area contributed by atoms with Gasteiger partial charge in [0.2, 0.25) is 0 Å². The molecule has 68 valence electrons. The van der Waals surface area contributed by atoms with Gasteiger partial charge in [0, 0.05) is 12.6 Å². The summed E-state index contributed by atoms with van der Waals surface area (Å²) in [5.74, 6) is 0.616. The van der Waals surface area contributed by atoms with Crippen molar-refractivity contribution in [1.82, 2.24) is 5.32 Å². The van der Waals surface area contributed by atoms with Gasteiger partial charge in [-0.25, -0.2) is 0 Å². The number of rotatable bonds is 6. The fraction of sp³-hybridized carbons (Fsp3) is 1.00. The molecule has 0 fully saturated rings. The SMILES string of the molecule is CCOCC(C)C(CC)NC. The second-order valence-electron chi connectivity index (χ2n) is 2.94. The van der Waals surface area contributed by atoms with Crippen molar-refractivity contribution in [3.8, 4) is 0 Å². The van der Waals surface area contributed by atoms with Gasteiger partial charge in [0.25, 0.3) is 0 Å². The Bertz CT molecular complexity index is 81.6. The fourth-order valence-electron chi connectivity index (χ4n) is 1.31. The fourth-order valence-corrected chi connectivity index (χ4v) is 1.31. The van der Waals surface area contributed by atoms with Gasteiger partial charge in [-0.2, -0.15) is 0 Å². The zero-order valence-electron chi connectivity index (χ0n) is 8.18. The second kappa shape index (κ2) is 6.62. The summed E-state index contributed by atoms with van der Waals surface area (Å²) < 4.78 is 5.34. The predicted octanol–water partition coefficient (Wildman–Crippen LogP) is 1.66. The zero-order chi connectivity index (χ0) is 8.69. The van der Waals surface area contributed by atoms with Crippen LogP contribution in [0, 0.1) is 5.92 Å². The summed E-state index contributed by atoms with van der Waals surface area (Å²) in [4.78, 5) is 0. The van der Waals surface area contributed by atoms with Crippen molar-refractivity contribution < 1.29 is 4.74 Å². The van der Waals surface area contributed by atoms with Crippen molar-refractivity contribution in [3.63, 3.8) is 0 Å². The van der Waals surface area contributed by atoms with Crippen molar-refractivity contribution in [2.75, 3.05) is 20.3 Å². The van der Waals surface area contributed by atoms with Crippen LogP contribution in [-0.2, 0) is 4.74 Å². The molecule has 11 heavy (non-hydrogen) atoms. The maximum absolute atomic E-state index is 5.34. The molecule has 0 heterocycles. The van der Waals surface area contributed by atoms with Crippen LogP contribution in [0.3, 0.4) is 0 Å². The highest BCUT2D eigenvalue weighted by Gasteiger charge is 2.12. The van der Waals surface area contributed by atoms with Gasteiger partial charge in [0.1, 0.15) is 0 Å². The lowest BCUT2D eigenvalue weighted by Crippen LogP contribution is -2.33. The summed E-state index contributed by atoms with van der Waals surface area (Å²) in [6.45, 7) is 8.15. The lowest BCUT2D eigenvalue weighted by atomic mass is 10.0. The average Bonchev–Trinajstić information content (AvgIpc) is 2.03. The minimum Gasteiger partial charge on any atom is -0.381 e. The van der Waals surface area contributed by atoms with Crippen LogP contribution in [0.15, 0.2) is 0 Å². The molecular weight excluding hydrogens is 138 g/mol. The first-order valence-electron chi connectivity index (χ1n) is 4.51. The zero-order valence-corrected chi connectivity index (χ0v) is 8.18. The summed E-state index contributed by atoms with van der Waals surface area (Å²) in [7, 11) is 2.01. The van der Waals surface area contributed by atoms with Crippen molar-refractivity contribution in [2.45, 2.75) is 33.2 Å². The van der Waals surface area contributed by atoms with E-state index in [1.165, 1.54) is 6.42 Å². The molecule has 0 aromatic carbocycles. The van der Waals surface area contributed by atoms with Gasteiger partial charge in [0.05, 0.1) is 6.61 Å². The number of hydrogen-bond acceptors (Lipinski definition) is 2. The Morgan fingerprint density at radius 2 is 2.00 bits per heavy atom. The molecule has 0 aliphatic carbocycles. The minimum atomic E-state index is 0.599. The van der Waals surface area contributed by atoms with Crippen LogP contribution < -0.4 is 5.32 Å². The van der Waals surface area contributed by atoms with Crippen LogP contribution in [0.25, 0.3) is 0 Å². The quantitative estimate of drug-likeness (QED) is 0.636. The Kier molecular flexibility index (Phi) is 6.57. The van der Waals surface area contributed by atoms with Crippen molar-refractivity contribution in [1.29, 1.82) is 0 Å². The van der Waals surface area contributed by atoms with E-state index in [1.807, 2.05) is 14.0 Å². The molecule has 2 atom stereocenters. The Balaban J connectivity index is 3.51. The molecule has 0 aromatic heterocycles. The van der Waals surface area contributed by atoms with Crippen LogP contribution in [0.5, 0.6) is 0 Å². The van der Waals surface area contributed by atoms with E-state index in [0.717, 1.165) is 13.2 Å². The highest BCUT2D eigenvalue weighted by molar-refractivity contribution is 4.68. The molecule has 2 nitrogen and oxygen atoms in total. The van der Waals surface area contributed by atoms with E-state index in [0.29, 0.717) is 12.0 Å². The van der Waals surface area contributed by atoms with Crippen LogP contribution in [0.2, 0.25) is 0 Å². The Labute approximate surface area is 70.3 Å². The maximum atomic E-state index is 5.34. The summed E-state index contributed by atoms with van der Waals surface area (Å²) in [5, 5.41) is 3.28. The van der Waals surface area contributed by atoms with Gasteiger partial charge >= 0.3 is 0 Å². The molecule has 0 rings (SSSR count). The maximum Gasteiger partial charge on any atom is 0.0506 e. The third-order valence-corrected chi connectivity index (χ3v) is 2.08. The van der Waals surface area contributed by atoms with Crippen molar-refractivity contribution in [3.05, 3.63) is 0 Å². The summed E-state index contributed by atoms with van der Waals surface area (Å²) in [5.41, 5.74) is 0. The second-order valence-corrected chi connectivity index (χ2v) is 2.94. The molecule has 1 N–H and O–H groups in total. The van der Waals surface area contributed by atoms with Crippen molar-refractivity contribution in [2.24, 2.45) is 5.92 Å². The van der Waals surface area contributed by atoms with Gasteiger partial charge < -0.3 is 10.1 Å². The van der Waals surface area contributed by atoms with Crippen molar-refractivity contribution >= 4 is 0 Å². The molecule has 0 amide bonds. The molecule has 0 radical (unpaired) electrons. The largest absolute Gasteiger partial charge is 0.381 e. The Morgan fingerprint density at radius 1 is 1.36 bits per heavy atom. The topological polar surface area (TPSA) is 21.3 Å². The van der Waals surface area contributed by atoms with E-state index in [9.17, 15) is 0 Å². The standard InChI is InChI=1S/C9H21NO/c1-5-9(10-4)8(3)7-11-6-2/h8-10H,5-7H2,1-4H3. The molecule has 0 saturated carbocycles. The molecule has 0 bridgehead atoms. The van der Waals surface area contributed by atoms with E-state index in [1.54, 1.807) is 0 Å². The minimum absolute atomic E-state index is 0.599. The molecule has 0 spiro atoms. The molecule has 0 aromatic rings. The lowest BCUT2D eigenvalue weighted by molar-refractivity contribution is 0.101. The Hall–Kier alpha value is -0.0800. The van der Waals surface area contributed by atoms with Crippen LogP contribution in [-0.4, -0.2) is 26.3 Å². The molecule has 2 unspecified atom stereocenters. The van der Waals surface area contributed by atoms with Gasteiger partial charge in [-0.05, 0) is 26.3 Å². The highest BCUT2D eigenvalue weighted by Crippen LogP contribution is 2.06. The predicted molar refractivity (Wildman–Crippen MR) is 48.8 cm³/mol. The number of ether oxygens (including phenoxy) is 1. The average molecular weight is 159 g/mol. The van der Waals surface area contributed by atoms with E-state index >= 15 is 0 Å². The molecule has 0 aliphatic rings. The monoisotopic (exact) mass is 159 g/mol. The Morgan fingerprint density at radius 3 is 2.36 bits per heavy atom. The third-order valence-electron chi connectivity index (χ3n) is 2.08. The molecular formula is C9H21NO. The normalized spacial score (nSPS) is 16.4. The van der Waals surface area contributed by atoms with E-state index in [2.05, 4.69) is 19.2 Å². The van der Waals surface area contributed by atoms with Gasteiger partial charge in [0.15, 0.2) is 0 Å². The summed E-state index contributed by atoms with van der Waals surface area (Å²) in [6.07, 6.45) is 1.17. The molecule has 2 heteroatoms. The third kappa shape index (κ3) is 4.38. The molecule has 0 aliphatic heterocycles. The van der Waals surface area contributed by atoms with E-state index in [4.69, 9.17) is 4.74 Å².